The highest BCUT2D eigenvalue weighted by Crippen LogP contribution is 2.61. The zero-order chi connectivity index (χ0) is 26.1. The van der Waals surface area contributed by atoms with Gasteiger partial charge in [0, 0.05) is 12.3 Å². The fraction of sp³-hybridized carbons (Fsp3) is 0.733. The fourth-order valence-electron chi connectivity index (χ4n) is 3.19. The van der Waals surface area contributed by atoms with Gasteiger partial charge in [-0.1, -0.05) is 0 Å². The highest BCUT2D eigenvalue weighted by molar-refractivity contribution is 8.05. The first-order valence-electron chi connectivity index (χ1n) is 9.82. The topological polar surface area (TPSA) is 268 Å². The molecule has 17 nitrogen and oxygen atoms in total. The molecule has 1 aromatic heterocycles. The van der Waals surface area contributed by atoms with Crippen molar-refractivity contribution in [1.82, 2.24) is 9.55 Å². The molecule has 35 heavy (non-hydrogen) atoms. The van der Waals surface area contributed by atoms with Crippen LogP contribution >= 0.6 is 27.2 Å². The van der Waals surface area contributed by atoms with Crippen molar-refractivity contribution in [3.05, 3.63) is 33.1 Å². The monoisotopic (exact) mass is 566 g/mol. The predicted molar refractivity (Wildman–Crippen MR) is 114 cm³/mol. The number of hydrogen-bond donors (Lipinski definition) is 8. The van der Waals surface area contributed by atoms with Gasteiger partial charge in [-0.3, -0.25) is 23.4 Å². The highest BCUT2D eigenvalue weighted by atomic mass is 32.2. The van der Waals surface area contributed by atoms with Gasteiger partial charge in [-0.25, -0.2) is 13.7 Å². The Kier molecular flexibility index (Phi) is 9.16. The Morgan fingerprint density at radius 3 is 2.43 bits per heavy atom. The molecule has 0 bridgehead atoms. The van der Waals surface area contributed by atoms with Gasteiger partial charge in [0.1, 0.15) is 42.1 Å². The predicted octanol–water partition coefficient (Wildman–Crippen LogP) is -3.40. The lowest BCUT2D eigenvalue weighted by atomic mass is 10.1. The third-order valence-electron chi connectivity index (χ3n) is 4.95. The van der Waals surface area contributed by atoms with Crippen molar-refractivity contribution in [2.75, 3.05) is 18.7 Å². The number of phosphoric acid groups is 1. The molecular weight excluding hydrogens is 542 g/mol. The Morgan fingerprint density at radius 2 is 1.77 bits per heavy atom. The lowest BCUT2D eigenvalue weighted by molar-refractivity contribution is -0.161. The van der Waals surface area contributed by atoms with Gasteiger partial charge in [-0.05, 0) is 0 Å². The average Bonchev–Trinajstić information content (AvgIpc) is 3.03. The van der Waals surface area contributed by atoms with Crippen LogP contribution < -0.4 is 11.2 Å². The van der Waals surface area contributed by atoms with E-state index in [0.29, 0.717) is 11.8 Å². The summed E-state index contributed by atoms with van der Waals surface area (Å²) >= 11 is 0.479. The maximum atomic E-state index is 12.2. The number of ether oxygens (including phenoxy) is 2. The maximum Gasteiger partial charge on any atom is 0.479 e. The van der Waals surface area contributed by atoms with Crippen LogP contribution in [0.5, 0.6) is 0 Å². The van der Waals surface area contributed by atoms with Crippen LogP contribution in [0, 0.1) is 0 Å². The number of nitrogens with one attached hydrogen (secondary N) is 1. The van der Waals surface area contributed by atoms with Crippen LogP contribution in [0.1, 0.15) is 6.23 Å². The summed E-state index contributed by atoms with van der Waals surface area (Å²) in [5.41, 5.74) is -3.79. The minimum atomic E-state index is -5.24. The van der Waals surface area contributed by atoms with E-state index in [1.807, 2.05) is 4.98 Å². The number of aliphatic hydroxyl groups is 5. The third-order valence-corrected chi connectivity index (χ3v) is 9.92. The van der Waals surface area contributed by atoms with Gasteiger partial charge < -0.3 is 44.8 Å². The Bertz CT molecular complexity index is 1100. The molecule has 10 atom stereocenters. The minimum absolute atomic E-state index is 0.365. The Morgan fingerprint density at radius 1 is 1.09 bits per heavy atom. The highest BCUT2D eigenvalue weighted by Gasteiger charge is 2.46. The summed E-state index contributed by atoms with van der Waals surface area (Å²) in [6, 6.07) is 0.959. The van der Waals surface area contributed by atoms with Gasteiger partial charge in [-0.2, -0.15) is 0 Å². The molecule has 20 heteroatoms. The largest absolute Gasteiger partial charge is 0.479 e. The SMILES string of the molecule is O=c1ccn([C@@H]2O[C@H](COP(=O)(O)OP(=O)(O)CS[C@@H]3OC[C@H](O)[C@H](O)[C@H]3O)[C@@H](O)[C@H]2O)c(=O)[nH]1. The van der Waals surface area contributed by atoms with Crippen molar-refractivity contribution in [2.45, 2.75) is 48.3 Å². The van der Waals surface area contributed by atoms with E-state index >= 15 is 0 Å². The average molecular weight is 566 g/mol. The van der Waals surface area contributed by atoms with Gasteiger partial charge >= 0.3 is 21.1 Å². The molecular formula is C15H24N2O15P2S. The molecule has 0 saturated carbocycles. The number of H-pyrrole nitrogens is 1. The van der Waals surface area contributed by atoms with Crippen molar-refractivity contribution in [2.24, 2.45) is 0 Å². The zero-order valence-corrected chi connectivity index (χ0v) is 20.1. The molecule has 0 aliphatic carbocycles. The van der Waals surface area contributed by atoms with Crippen LogP contribution in [0.4, 0.5) is 0 Å². The number of rotatable bonds is 9. The van der Waals surface area contributed by atoms with Crippen molar-refractivity contribution < 1.29 is 62.8 Å². The van der Waals surface area contributed by atoms with E-state index in [2.05, 4.69) is 8.83 Å². The van der Waals surface area contributed by atoms with Crippen LogP contribution in [0.2, 0.25) is 0 Å². The number of phosphoric ester groups is 1. The second-order valence-corrected chi connectivity index (χ2v) is 12.5. The number of thioether (sulfide) groups is 1. The standard InChI is InChI=1S/C15H24N2O15P2S/c18-6-3-29-14(12(23)9(6)20)35-5-33(25,26)32-34(27,28)30-4-7-10(21)11(22)13(31-7)17-2-1-8(19)16-15(17)24/h1-2,6-7,9-14,18,20-23H,3-5H2,(H,25,26)(H,27,28)(H,16,19,24)/t6-,7+,9-,10+,11+,12+,13+,14-/m0/s1. The van der Waals surface area contributed by atoms with Crippen LogP contribution in [-0.4, -0.2) is 106 Å². The van der Waals surface area contributed by atoms with Gasteiger partial charge in [0.05, 0.1) is 18.7 Å². The summed E-state index contributed by atoms with van der Waals surface area (Å²) in [4.78, 5) is 44.7. The van der Waals surface area contributed by atoms with Crippen molar-refractivity contribution >= 4 is 27.2 Å². The molecule has 0 radical (unpaired) electrons. The molecule has 2 aliphatic heterocycles. The van der Waals surface area contributed by atoms with E-state index in [9.17, 15) is 54.0 Å². The first-order valence-corrected chi connectivity index (χ1v) is 14.1. The number of aromatic amines is 1. The zero-order valence-electron chi connectivity index (χ0n) is 17.5. The van der Waals surface area contributed by atoms with Crippen LogP contribution in [0.15, 0.2) is 21.9 Å². The van der Waals surface area contributed by atoms with E-state index in [-0.39, 0.29) is 6.61 Å². The smallest absolute Gasteiger partial charge is 0.388 e. The second-order valence-electron chi connectivity index (χ2n) is 7.59. The van der Waals surface area contributed by atoms with Gasteiger partial charge in [0.25, 0.3) is 5.56 Å². The summed E-state index contributed by atoms with van der Waals surface area (Å²) in [5.74, 6) is 0. The molecule has 200 valence electrons. The van der Waals surface area contributed by atoms with Gasteiger partial charge in [0.2, 0.25) is 0 Å². The third kappa shape index (κ3) is 7.09. The van der Waals surface area contributed by atoms with E-state index in [1.165, 1.54) is 0 Å². The molecule has 0 amide bonds. The van der Waals surface area contributed by atoms with Crippen LogP contribution in [0.3, 0.4) is 0 Å². The molecule has 2 aliphatic rings. The molecule has 2 saturated heterocycles. The fourth-order valence-corrected chi connectivity index (χ4v) is 7.49. The number of nitrogens with zero attached hydrogens (tertiary/aromatic N) is 1. The van der Waals surface area contributed by atoms with E-state index in [1.54, 1.807) is 0 Å². The molecule has 8 N–H and O–H groups in total. The summed E-state index contributed by atoms with van der Waals surface area (Å²) in [5, 5.41) is 49.1. The van der Waals surface area contributed by atoms with Gasteiger partial charge in [-0.15, -0.1) is 11.8 Å². The number of aromatic nitrogens is 2. The second kappa shape index (κ2) is 11.2. The summed E-state index contributed by atoms with van der Waals surface area (Å²) in [6.45, 7) is -1.28. The molecule has 1 aromatic rings. The Balaban J connectivity index is 1.55. The molecule has 0 aromatic carbocycles. The number of aliphatic hydroxyl groups excluding tert-OH is 5. The molecule has 3 heterocycles. The first kappa shape index (κ1) is 28.6. The minimum Gasteiger partial charge on any atom is -0.388 e. The summed E-state index contributed by atoms with van der Waals surface area (Å²) in [7, 11) is -10.1. The quantitative estimate of drug-likeness (QED) is 0.135. The van der Waals surface area contributed by atoms with Gasteiger partial charge in [0.15, 0.2) is 6.23 Å². The summed E-state index contributed by atoms with van der Waals surface area (Å²) < 4.78 is 44.3. The van der Waals surface area contributed by atoms with Crippen molar-refractivity contribution in [3.8, 4) is 0 Å². The molecule has 2 unspecified atom stereocenters. The van der Waals surface area contributed by atoms with Crippen molar-refractivity contribution in [3.63, 3.8) is 0 Å². The Labute approximate surface area is 200 Å². The number of hydrogen-bond acceptors (Lipinski definition) is 14. The van der Waals surface area contributed by atoms with Crippen LogP contribution in [0.25, 0.3) is 0 Å². The first-order chi connectivity index (χ1) is 16.2. The van der Waals surface area contributed by atoms with E-state index in [0.717, 1.165) is 16.8 Å². The molecule has 3 rings (SSSR count). The lowest BCUT2D eigenvalue weighted by Crippen LogP contribution is -2.51. The maximum absolute atomic E-state index is 12.2. The van der Waals surface area contributed by atoms with E-state index < -0.39 is 87.1 Å². The van der Waals surface area contributed by atoms with E-state index in [4.69, 9.17) is 9.47 Å². The Hall–Kier alpha value is -0.950. The van der Waals surface area contributed by atoms with Crippen LogP contribution in [-0.2, 0) is 27.4 Å². The summed E-state index contributed by atoms with van der Waals surface area (Å²) in [6.07, 6.45) is -9.95. The van der Waals surface area contributed by atoms with Crippen molar-refractivity contribution in [1.29, 1.82) is 0 Å². The molecule has 0 spiro atoms. The molecule has 2 fully saturated rings. The normalized spacial score (nSPS) is 37.0. The lowest BCUT2D eigenvalue weighted by Gasteiger charge is -2.34.